The molecule has 146 valence electrons. The lowest BCUT2D eigenvalue weighted by Gasteiger charge is -2.23. The number of H-pyrrole nitrogens is 1. The van der Waals surface area contributed by atoms with E-state index < -0.39 is 0 Å². The molecule has 28 heavy (non-hydrogen) atoms. The average Bonchev–Trinajstić information content (AvgIpc) is 3.41. The molecule has 1 saturated heterocycles. The molecule has 0 radical (unpaired) electrons. The van der Waals surface area contributed by atoms with Crippen LogP contribution < -0.4 is 5.56 Å². The maximum Gasteiger partial charge on any atom is 0.274 e. The van der Waals surface area contributed by atoms with Gasteiger partial charge in [0.2, 0.25) is 5.91 Å². The minimum Gasteiger partial charge on any atom is -0.336 e. The van der Waals surface area contributed by atoms with Crippen LogP contribution in [0.1, 0.15) is 25.7 Å². The van der Waals surface area contributed by atoms with E-state index in [2.05, 4.69) is 21.8 Å². The van der Waals surface area contributed by atoms with Gasteiger partial charge in [-0.2, -0.15) is 10.2 Å². The van der Waals surface area contributed by atoms with Crippen molar-refractivity contribution in [3.05, 3.63) is 53.9 Å². The fourth-order valence-corrected chi connectivity index (χ4v) is 4.17. The number of carbonyl (C=O) groups is 1. The molecule has 2 unspecified atom stereocenters. The Kier molecular flexibility index (Phi) is 4.85. The van der Waals surface area contributed by atoms with Crippen LogP contribution in [0.15, 0.2) is 48.3 Å². The first-order valence-electron chi connectivity index (χ1n) is 9.54. The molecule has 0 spiro atoms. The Labute approximate surface area is 162 Å². The summed E-state index contributed by atoms with van der Waals surface area (Å²) in [7, 11) is 1.83. The van der Waals surface area contributed by atoms with E-state index in [-0.39, 0.29) is 11.5 Å². The molecule has 8 heteroatoms. The highest BCUT2D eigenvalue weighted by atomic mass is 16.2. The summed E-state index contributed by atoms with van der Waals surface area (Å²) in [6, 6.07) is 2.21. The van der Waals surface area contributed by atoms with E-state index in [4.69, 9.17) is 0 Å². The number of rotatable bonds is 2. The molecule has 1 amide bonds. The lowest BCUT2D eigenvalue weighted by molar-refractivity contribution is -0.126. The van der Waals surface area contributed by atoms with Crippen molar-refractivity contribution in [3.63, 3.8) is 0 Å². The van der Waals surface area contributed by atoms with E-state index in [1.54, 1.807) is 33.9 Å². The Morgan fingerprint density at radius 1 is 1.32 bits per heavy atom. The number of hydrogen-bond donors (Lipinski definition) is 1. The van der Waals surface area contributed by atoms with E-state index in [1.807, 2.05) is 18.1 Å². The number of fused-ring (bicyclic) bond motifs is 3. The number of aromatic nitrogens is 5. The van der Waals surface area contributed by atoms with Crippen molar-refractivity contribution >= 4 is 11.4 Å². The highest BCUT2D eigenvalue weighted by molar-refractivity contribution is 5.87. The van der Waals surface area contributed by atoms with Crippen molar-refractivity contribution in [1.82, 2.24) is 29.3 Å². The first kappa shape index (κ1) is 18.2. The Hall–Kier alpha value is -3.16. The summed E-state index contributed by atoms with van der Waals surface area (Å²) in [5.41, 5.74) is 1.94. The van der Waals surface area contributed by atoms with Crippen LogP contribution in [-0.2, 0) is 11.8 Å². The van der Waals surface area contributed by atoms with Gasteiger partial charge in [-0.25, -0.2) is 4.52 Å². The van der Waals surface area contributed by atoms with Gasteiger partial charge < -0.3 is 9.88 Å². The van der Waals surface area contributed by atoms with Gasteiger partial charge in [-0.3, -0.25) is 14.3 Å². The van der Waals surface area contributed by atoms with Crippen LogP contribution in [0.25, 0.3) is 16.8 Å². The summed E-state index contributed by atoms with van der Waals surface area (Å²) in [6.45, 7) is 4.51. The van der Waals surface area contributed by atoms with E-state index >= 15 is 0 Å². The molecule has 8 nitrogen and oxygen atoms in total. The highest BCUT2D eigenvalue weighted by Gasteiger charge is 2.36. The highest BCUT2D eigenvalue weighted by Crippen LogP contribution is 2.35. The topological polar surface area (TPSA) is 88.3 Å². The minimum atomic E-state index is -0.154. The third-order valence-corrected chi connectivity index (χ3v) is 5.53. The van der Waals surface area contributed by atoms with Crippen LogP contribution in [0, 0.1) is 5.92 Å². The number of carbonyl (C=O) groups excluding carboxylic acids is 1. The quantitative estimate of drug-likeness (QED) is 0.689. The molecule has 2 fully saturated rings. The van der Waals surface area contributed by atoms with Crippen LogP contribution in [-0.4, -0.2) is 47.8 Å². The van der Waals surface area contributed by atoms with Gasteiger partial charge in [0, 0.05) is 31.4 Å². The van der Waals surface area contributed by atoms with Gasteiger partial charge in [-0.15, -0.1) is 0 Å². The number of nitrogens with one attached hydrogen (secondary N) is 1. The zero-order valence-corrected chi connectivity index (χ0v) is 15.9. The molecule has 1 aliphatic heterocycles. The van der Waals surface area contributed by atoms with Crippen LogP contribution in [0.3, 0.4) is 0 Å². The molecule has 1 aliphatic carbocycles. The first-order chi connectivity index (χ1) is 13.5. The zero-order valence-electron chi connectivity index (χ0n) is 15.9. The largest absolute Gasteiger partial charge is 0.336 e. The smallest absolute Gasteiger partial charge is 0.274 e. The second-order valence-electron chi connectivity index (χ2n) is 7.44. The predicted molar refractivity (Wildman–Crippen MR) is 106 cm³/mol. The summed E-state index contributed by atoms with van der Waals surface area (Å²) in [4.78, 5) is 27.9. The Balaban J connectivity index is 0.000000143. The van der Waals surface area contributed by atoms with Crippen LogP contribution in [0.2, 0.25) is 0 Å². The maximum absolute atomic E-state index is 11.7. The van der Waals surface area contributed by atoms with Gasteiger partial charge in [-0.1, -0.05) is 13.0 Å². The second kappa shape index (κ2) is 7.46. The Bertz CT molecular complexity index is 1060. The number of amides is 1. The van der Waals surface area contributed by atoms with Gasteiger partial charge in [0.1, 0.15) is 5.52 Å². The molecule has 2 atom stereocenters. The van der Waals surface area contributed by atoms with Crippen molar-refractivity contribution in [3.8, 4) is 11.3 Å². The maximum atomic E-state index is 11.7. The normalized spacial score (nSPS) is 20.7. The fraction of sp³-hybridized carbons (Fsp3) is 0.400. The molecule has 2 aliphatic rings. The Morgan fingerprint density at radius 3 is 2.89 bits per heavy atom. The van der Waals surface area contributed by atoms with E-state index in [0.717, 1.165) is 18.0 Å². The SMILES string of the molecule is C=CC(=O)N1CC2CCCC1C2.Cn1cc(-c2cn3nccc3c(=O)[nH]2)cn1. The van der Waals surface area contributed by atoms with Crippen molar-refractivity contribution in [2.75, 3.05) is 6.54 Å². The molecule has 1 N–H and O–H groups in total. The molecular formula is C20H24N6O2. The van der Waals surface area contributed by atoms with Gasteiger partial charge in [0.05, 0.1) is 24.3 Å². The van der Waals surface area contributed by atoms with Crippen molar-refractivity contribution in [2.45, 2.75) is 31.7 Å². The lowest BCUT2D eigenvalue weighted by atomic mass is 9.90. The summed E-state index contributed by atoms with van der Waals surface area (Å²) in [6.07, 6.45) is 13.4. The number of aromatic amines is 1. The van der Waals surface area contributed by atoms with Gasteiger partial charge in [0.15, 0.2) is 0 Å². The fourth-order valence-electron chi connectivity index (χ4n) is 4.17. The first-order valence-corrected chi connectivity index (χ1v) is 9.54. The predicted octanol–water partition coefficient (Wildman–Crippen LogP) is 2.00. The summed E-state index contributed by atoms with van der Waals surface area (Å²) < 4.78 is 3.24. The number of hydrogen-bond acceptors (Lipinski definition) is 4. The molecule has 4 heterocycles. The van der Waals surface area contributed by atoms with E-state index in [0.29, 0.717) is 17.3 Å². The molecule has 5 rings (SSSR count). The van der Waals surface area contributed by atoms with Crippen LogP contribution in [0.4, 0.5) is 0 Å². The van der Waals surface area contributed by atoms with Crippen molar-refractivity contribution < 1.29 is 4.79 Å². The zero-order chi connectivity index (χ0) is 19.7. The van der Waals surface area contributed by atoms with E-state index in [9.17, 15) is 9.59 Å². The summed E-state index contributed by atoms with van der Waals surface area (Å²) in [5.74, 6) is 0.914. The Morgan fingerprint density at radius 2 is 2.18 bits per heavy atom. The molecular weight excluding hydrogens is 356 g/mol. The summed E-state index contributed by atoms with van der Waals surface area (Å²) >= 11 is 0. The third kappa shape index (κ3) is 3.49. The van der Waals surface area contributed by atoms with Gasteiger partial charge >= 0.3 is 0 Å². The van der Waals surface area contributed by atoms with E-state index in [1.165, 1.54) is 31.8 Å². The molecule has 2 bridgehead atoms. The molecule has 1 saturated carbocycles. The van der Waals surface area contributed by atoms with Crippen LogP contribution >= 0.6 is 0 Å². The van der Waals surface area contributed by atoms with Crippen molar-refractivity contribution in [2.24, 2.45) is 13.0 Å². The molecule has 0 aromatic carbocycles. The van der Waals surface area contributed by atoms with Gasteiger partial charge in [0.25, 0.3) is 5.56 Å². The van der Waals surface area contributed by atoms with Crippen molar-refractivity contribution in [1.29, 1.82) is 0 Å². The van der Waals surface area contributed by atoms with Crippen LogP contribution in [0.5, 0.6) is 0 Å². The van der Waals surface area contributed by atoms with Gasteiger partial charge in [-0.05, 0) is 37.3 Å². The standard InChI is InChI=1S/C10H9N5O.C10H15NO/c1-14-5-7(4-12-14)8-6-15-9(2-3-11-15)10(16)13-8;1-2-10(12)11-7-8-4-3-5-9(11)6-8/h2-6H,1H3,(H,13,16);2,8-9H,1,3-7H2. The summed E-state index contributed by atoms with van der Waals surface area (Å²) in [5, 5.41) is 8.10. The number of likely N-dealkylation sites (tertiary alicyclic amines) is 1. The lowest BCUT2D eigenvalue weighted by Crippen LogP contribution is -2.33. The molecule has 3 aromatic heterocycles. The monoisotopic (exact) mass is 380 g/mol. The molecule has 3 aromatic rings. The number of nitrogens with zero attached hydrogens (tertiary/aromatic N) is 5. The third-order valence-electron chi connectivity index (χ3n) is 5.53. The second-order valence-corrected chi connectivity index (χ2v) is 7.44. The number of aryl methyl sites for hydroxylation is 1. The minimum absolute atomic E-state index is 0.129. The average molecular weight is 380 g/mol.